The van der Waals surface area contributed by atoms with Crippen molar-refractivity contribution in [2.45, 2.75) is 6.92 Å². The van der Waals surface area contributed by atoms with E-state index in [0.717, 1.165) is 5.56 Å². The Morgan fingerprint density at radius 1 is 1.14 bits per heavy atom. The van der Waals surface area contributed by atoms with Gasteiger partial charge in [0.2, 0.25) is 11.6 Å². The van der Waals surface area contributed by atoms with Gasteiger partial charge in [-0.3, -0.25) is 4.79 Å². The lowest BCUT2D eigenvalue weighted by molar-refractivity contribution is -0.118. The van der Waals surface area contributed by atoms with Gasteiger partial charge in [0.1, 0.15) is 0 Å². The van der Waals surface area contributed by atoms with E-state index in [-0.39, 0.29) is 5.91 Å². The van der Waals surface area contributed by atoms with E-state index >= 15 is 0 Å². The predicted octanol–water partition coefficient (Wildman–Crippen LogP) is 0.963. The Morgan fingerprint density at radius 3 is 2.73 bits per heavy atom. The highest BCUT2D eigenvalue weighted by Crippen LogP contribution is 2.21. The van der Waals surface area contributed by atoms with E-state index in [9.17, 15) is 4.79 Å². The zero-order valence-electron chi connectivity index (χ0n) is 12.0. The van der Waals surface area contributed by atoms with Crippen molar-refractivity contribution in [3.05, 3.63) is 30.3 Å². The number of nitrogens with one attached hydrogen (secondary N) is 3. The van der Waals surface area contributed by atoms with Crippen LogP contribution in [0, 0.1) is 0 Å². The lowest BCUT2D eigenvalue weighted by Crippen LogP contribution is -2.26. The molecule has 0 saturated heterocycles. The van der Waals surface area contributed by atoms with Crippen LogP contribution in [0.25, 0.3) is 22.6 Å². The van der Waals surface area contributed by atoms with Crippen molar-refractivity contribution >= 4 is 22.9 Å². The fourth-order valence-electron chi connectivity index (χ4n) is 2.01. The number of hydrogen-bond acceptors (Lipinski definition) is 6. The Hall–Kier alpha value is -3.03. The van der Waals surface area contributed by atoms with E-state index in [0.29, 0.717) is 35.9 Å². The minimum atomic E-state index is -0.0685. The molecule has 0 unspecified atom stereocenters. The topological polar surface area (TPSA) is 108 Å². The van der Waals surface area contributed by atoms with Crippen molar-refractivity contribution in [3.8, 4) is 11.4 Å². The lowest BCUT2D eigenvalue weighted by Gasteiger charge is -2.08. The number of aromatic nitrogens is 5. The summed E-state index contributed by atoms with van der Waals surface area (Å²) in [6, 6.07) is 9.65. The third kappa shape index (κ3) is 3.00. The van der Waals surface area contributed by atoms with Crippen LogP contribution in [0.4, 0.5) is 5.82 Å². The molecule has 3 rings (SSSR count). The summed E-state index contributed by atoms with van der Waals surface area (Å²) in [7, 11) is 0. The monoisotopic (exact) mass is 297 g/mol. The van der Waals surface area contributed by atoms with Crippen LogP contribution in [0.15, 0.2) is 30.3 Å². The van der Waals surface area contributed by atoms with Crippen LogP contribution in [-0.4, -0.2) is 44.4 Å². The van der Waals surface area contributed by atoms with Crippen LogP contribution < -0.4 is 10.6 Å². The molecule has 0 spiro atoms. The number of H-pyrrole nitrogens is 1. The molecule has 1 aromatic carbocycles. The first kappa shape index (κ1) is 13.9. The van der Waals surface area contributed by atoms with Gasteiger partial charge in [-0.25, -0.2) is 9.97 Å². The highest BCUT2D eigenvalue weighted by molar-refractivity contribution is 5.83. The van der Waals surface area contributed by atoms with Crippen molar-refractivity contribution in [3.63, 3.8) is 0 Å². The summed E-state index contributed by atoms with van der Waals surface area (Å²) >= 11 is 0. The fraction of sp³-hybridized carbons (Fsp3) is 0.214. The molecule has 8 nitrogen and oxygen atoms in total. The molecule has 0 bridgehead atoms. The molecular formula is C14H15N7O. The van der Waals surface area contributed by atoms with Crippen LogP contribution in [0.5, 0.6) is 0 Å². The average Bonchev–Trinajstić information content (AvgIpc) is 3.00. The summed E-state index contributed by atoms with van der Waals surface area (Å²) in [5.41, 5.74) is 1.97. The Bertz CT molecular complexity index is 784. The Morgan fingerprint density at radius 2 is 1.95 bits per heavy atom. The fourth-order valence-corrected chi connectivity index (χ4v) is 2.01. The second-order valence-corrected chi connectivity index (χ2v) is 4.67. The zero-order chi connectivity index (χ0) is 15.4. The maximum Gasteiger partial charge on any atom is 0.216 e. The van der Waals surface area contributed by atoms with Crippen molar-refractivity contribution in [2.24, 2.45) is 0 Å². The number of rotatable bonds is 5. The van der Waals surface area contributed by atoms with Crippen LogP contribution in [-0.2, 0) is 4.79 Å². The molecule has 3 N–H and O–H groups in total. The van der Waals surface area contributed by atoms with Crippen molar-refractivity contribution in [2.75, 3.05) is 18.4 Å². The predicted molar refractivity (Wildman–Crippen MR) is 82.1 cm³/mol. The second kappa shape index (κ2) is 6.17. The largest absolute Gasteiger partial charge is 0.366 e. The lowest BCUT2D eigenvalue weighted by atomic mass is 10.2. The minimum absolute atomic E-state index is 0.0685. The first-order valence-corrected chi connectivity index (χ1v) is 6.86. The van der Waals surface area contributed by atoms with E-state index < -0.39 is 0 Å². The van der Waals surface area contributed by atoms with Gasteiger partial charge in [-0.15, -0.1) is 5.10 Å². The summed E-state index contributed by atoms with van der Waals surface area (Å²) in [6.07, 6.45) is 0. The van der Waals surface area contributed by atoms with Gasteiger partial charge in [-0.2, -0.15) is 10.3 Å². The van der Waals surface area contributed by atoms with Crippen molar-refractivity contribution in [1.82, 2.24) is 30.7 Å². The van der Waals surface area contributed by atoms with Gasteiger partial charge in [0, 0.05) is 25.6 Å². The number of nitrogens with zero attached hydrogens (tertiary/aromatic N) is 4. The molecular weight excluding hydrogens is 282 g/mol. The average molecular weight is 297 g/mol. The van der Waals surface area contributed by atoms with Gasteiger partial charge < -0.3 is 10.6 Å². The summed E-state index contributed by atoms with van der Waals surface area (Å²) in [5.74, 6) is 1.09. The standard InChI is InChI=1S/C14H15N7O/c1-9(22)15-7-8-16-13-11-14(20-21-19-11)18-12(17-13)10-5-3-2-4-6-10/h2-6H,7-8H2,1H3,(H,15,22)(H2,16,17,18,19,20,21). The van der Waals surface area contributed by atoms with Gasteiger partial charge in [-0.1, -0.05) is 30.3 Å². The third-order valence-corrected chi connectivity index (χ3v) is 3.01. The van der Waals surface area contributed by atoms with Crippen molar-refractivity contribution < 1.29 is 4.79 Å². The number of aromatic amines is 1. The molecule has 22 heavy (non-hydrogen) atoms. The molecule has 0 fully saturated rings. The summed E-state index contributed by atoms with van der Waals surface area (Å²) < 4.78 is 0. The number of anilines is 1. The molecule has 2 heterocycles. The number of amides is 1. The molecule has 0 aliphatic heterocycles. The Balaban J connectivity index is 1.88. The summed E-state index contributed by atoms with van der Waals surface area (Å²) in [5, 5.41) is 16.5. The van der Waals surface area contributed by atoms with Crippen molar-refractivity contribution in [1.29, 1.82) is 0 Å². The van der Waals surface area contributed by atoms with Crippen LogP contribution in [0.3, 0.4) is 0 Å². The number of carbonyl (C=O) groups is 1. The second-order valence-electron chi connectivity index (χ2n) is 4.67. The number of hydrogen-bond donors (Lipinski definition) is 3. The summed E-state index contributed by atoms with van der Waals surface area (Å²) in [4.78, 5) is 19.8. The Kier molecular flexibility index (Phi) is 3.90. The first-order valence-electron chi connectivity index (χ1n) is 6.86. The molecule has 0 aliphatic carbocycles. The smallest absolute Gasteiger partial charge is 0.216 e. The zero-order valence-corrected chi connectivity index (χ0v) is 12.0. The molecule has 112 valence electrons. The maximum absolute atomic E-state index is 10.9. The molecule has 2 aromatic heterocycles. The van der Waals surface area contributed by atoms with E-state index in [2.05, 4.69) is 36.0 Å². The molecule has 0 radical (unpaired) electrons. The molecule has 0 aliphatic rings. The highest BCUT2D eigenvalue weighted by Gasteiger charge is 2.12. The molecule has 0 saturated carbocycles. The maximum atomic E-state index is 10.9. The van der Waals surface area contributed by atoms with Gasteiger partial charge in [0.05, 0.1) is 0 Å². The minimum Gasteiger partial charge on any atom is -0.366 e. The molecule has 1 amide bonds. The number of benzene rings is 1. The number of fused-ring (bicyclic) bond motifs is 1. The van der Waals surface area contributed by atoms with E-state index in [1.54, 1.807) is 0 Å². The normalized spacial score (nSPS) is 10.6. The summed E-state index contributed by atoms with van der Waals surface area (Å²) in [6.45, 7) is 2.51. The quantitative estimate of drug-likeness (QED) is 0.605. The highest BCUT2D eigenvalue weighted by atomic mass is 16.1. The molecule has 3 aromatic rings. The first-order chi connectivity index (χ1) is 10.7. The van der Waals surface area contributed by atoms with Gasteiger partial charge >= 0.3 is 0 Å². The number of carbonyl (C=O) groups excluding carboxylic acids is 1. The molecule has 8 heteroatoms. The van der Waals surface area contributed by atoms with Gasteiger partial charge in [0.15, 0.2) is 17.2 Å². The third-order valence-electron chi connectivity index (χ3n) is 3.01. The van der Waals surface area contributed by atoms with E-state index in [1.165, 1.54) is 6.92 Å². The SMILES string of the molecule is CC(=O)NCCNc1nc(-c2ccccc2)nc2n[nH]nc12. The van der Waals surface area contributed by atoms with Gasteiger partial charge in [0.25, 0.3) is 0 Å². The van der Waals surface area contributed by atoms with E-state index in [4.69, 9.17) is 0 Å². The van der Waals surface area contributed by atoms with Crippen LogP contribution in [0.1, 0.15) is 6.92 Å². The van der Waals surface area contributed by atoms with Crippen LogP contribution >= 0.6 is 0 Å². The van der Waals surface area contributed by atoms with E-state index in [1.807, 2.05) is 30.3 Å². The Labute approximate surface area is 126 Å². The van der Waals surface area contributed by atoms with Gasteiger partial charge in [-0.05, 0) is 0 Å². The molecule has 0 atom stereocenters. The van der Waals surface area contributed by atoms with Crippen LogP contribution in [0.2, 0.25) is 0 Å².